The van der Waals surface area contributed by atoms with Crippen molar-refractivity contribution in [3.05, 3.63) is 51.7 Å². The smallest absolute Gasteiger partial charge is 0.311 e. The van der Waals surface area contributed by atoms with Gasteiger partial charge in [0.1, 0.15) is 5.75 Å². The van der Waals surface area contributed by atoms with E-state index < -0.39 is 0 Å². The molecule has 3 atom stereocenters. The monoisotopic (exact) mass is 525 g/mol. The van der Waals surface area contributed by atoms with Gasteiger partial charge >= 0.3 is 5.97 Å². The molecule has 0 spiro atoms. The van der Waals surface area contributed by atoms with Crippen LogP contribution in [0.5, 0.6) is 5.75 Å². The predicted octanol–water partition coefficient (Wildman–Crippen LogP) is 8.88. The van der Waals surface area contributed by atoms with Crippen LogP contribution >= 0.6 is 11.3 Å². The Hall–Kier alpha value is -1.65. The Balaban J connectivity index is 1.44. The minimum Gasteiger partial charge on any atom is -0.426 e. The van der Waals surface area contributed by atoms with Gasteiger partial charge in [-0.05, 0) is 85.5 Å². The van der Waals surface area contributed by atoms with Crippen molar-refractivity contribution in [2.75, 3.05) is 13.1 Å². The number of hydrogen-bond donors (Lipinski definition) is 0. The molecule has 0 radical (unpaired) electrons. The van der Waals surface area contributed by atoms with Gasteiger partial charge < -0.3 is 4.74 Å². The Labute approximate surface area is 231 Å². The van der Waals surface area contributed by atoms with Gasteiger partial charge in [-0.25, -0.2) is 0 Å². The van der Waals surface area contributed by atoms with E-state index in [2.05, 4.69) is 62.2 Å². The molecule has 37 heavy (non-hydrogen) atoms. The molecule has 0 saturated heterocycles. The summed E-state index contributed by atoms with van der Waals surface area (Å²) in [4.78, 5) is 16.8. The molecule has 1 aliphatic rings. The van der Waals surface area contributed by atoms with E-state index in [1.54, 1.807) is 0 Å². The lowest BCUT2D eigenvalue weighted by molar-refractivity contribution is -0.134. The summed E-state index contributed by atoms with van der Waals surface area (Å²) < 4.78 is 5.92. The zero-order valence-corrected chi connectivity index (χ0v) is 24.8. The van der Waals surface area contributed by atoms with Crippen LogP contribution in [-0.2, 0) is 24.1 Å². The first kappa shape index (κ1) is 29.9. The summed E-state index contributed by atoms with van der Waals surface area (Å²) in [5.74, 6) is 2.28. The normalized spacial score (nSPS) is 16.9. The molecule has 1 heterocycles. The van der Waals surface area contributed by atoms with Crippen LogP contribution < -0.4 is 4.74 Å². The Kier molecular flexibility index (Phi) is 13.2. The summed E-state index contributed by atoms with van der Waals surface area (Å²) in [6, 6.07) is 11.3. The molecule has 1 aliphatic carbocycles. The Morgan fingerprint density at radius 1 is 1.03 bits per heavy atom. The minimum absolute atomic E-state index is 0.0666. The lowest BCUT2D eigenvalue weighted by Gasteiger charge is -2.35. The summed E-state index contributed by atoms with van der Waals surface area (Å²) in [5.41, 5.74) is 2.63. The molecule has 0 bridgehead atoms. The van der Waals surface area contributed by atoms with Crippen molar-refractivity contribution < 1.29 is 9.53 Å². The maximum absolute atomic E-state index is 12.7. The van der Waals surface area contributed by atoms with Crippen LogP contribution in [0.4, 0.5) is 0 Å². The fourth-order valence-electron chi connectivity index (χ4n) is 5.74. The van der Waals surface area contributed by atoms with Crippen molar-refractivity contribution in [2.24, 2.45) is 11.8 Å². The number of fused-ring (bicyclic) bond motifs is 1. The predicted molar refractivity (Wildman–Crippen MR) is 159 cm³/mol. The molecule has 0 N–H and O–H groups in total. The van der Waals surface area contributed by atoms with Gasteiger partial charge in [-0.15, -0.1) is 11.3 Å². The van der Waals surface area contributed by atoms with Gasteiger partial charge in [-0.1, -0.05) is 84.4 Å². The number of nitrogens with zero attached hydrogens (tertiary/aromatic N) is 1. The van der Waals surface area contributed by atoms with Gasteiger partial charge in [-0.3, -0.25) is 9.69 Å². The van der Waals surface area contributed by atoms with Crippen molar-refractivity contribution in [1.82, 2.24) is 4.90 Å². The lowest BCUT2D eigenvalue weighted by Crippen LogP contribution is -2.41. The van der Waals surface area contributed by atoms with Gasteiger partial charge in [0.2, 0.25) is 0 Å². The third-order valence-corrected chi connectivity index (χ3v) is 9.24. The highest BCUT2D eigenvalue weighted by Gasteiger charge is 2.26. The maximum atomic E-state index is 12.7. The topological polar surface area (TPSA) is 29.5 Å². The van der Waals surface area contributed by atoms with Crippen molar-refractivity contribution in [1.29, 1.82) is 0 Å². The molecule has 1 aromatic heterocycles. The molecule has 0 fully saturated rings. The molecule has 0 aliphatic heterocycles. The number of unbranched alkanes of at least 4 members (excludes halogenated alkanes) is 1. The molecule has 0 saturated carbocycles. The second kappa shape index (κ2) is 16.3. The van der Waals surface area contributed by atoms with Crippen molar-refractivity contribution in [3.63, 3.8) is 0 Å². The number of esters is 1. The van der Waals surface area contributed by atoms with Gasteiger partial charge in [0.15, 0.2) is 0 Å². The van der Waals surface area contributed by atoms with Gasteiger partial charge in [0.25, 0.3) is 0 Å². The first-order valence-electron chi connectivity index (χ1n) is 15.1. The standard InChI is InChI=1S/C33H51NO2S/c1-5-22-34(23-21-30-16-11-24-37-30)29-19-20-31-28(25-29)15-10-17-32(31)36-33(35)18-9-14-27(4)13-8-7-12-26(3)6-2/h10-11,15-17,24,26-27,29H,5-9,12-14,18-23,25H2,1-4H3. The van der Waals surface area contributed by atoms with E-state index in [9.17, 15) is 4.79 Å². The first-order valence-corrected chi connectivity index (χ1v) is 16.0. The highest BCUT2D eigenvalue weighted by molar-refractivity contribution is 7.09. The fourth-order valence-corrected chi connectivity index (χ4v) is 6.43. The van der Waals surface area contributed by atoms with Gasteiger partial charge in [-0.2, -0.15) is 0 Å². The third-order valence-electron chi connectivity index (χ3n) is 8.31. The fraction of sp³-hybridized carbons (Fsp3) is 0.667. The van der Waals surface area contributed by atoms with E-state index >= 15 is 0 Å². The van der Waals surface area contributed by atoms with Crippen LogP contribution in [0, 0.1) is 11.8 Å². The summed E-state index contributed by atoms with van der Waals surface area (Å²) in [7, 11) is 0. The number of ether oxygens (including phenoxy) is 1. The Bertz CT molecular complexity index is 909. The third kappa shape index (κ3) is 10.2. The summed E-state index contributed by atoms with van der Waals surface area (Å²) in [6.07, 6.45) is 14.7. The molecular formula is C33H51NO2S. The molecule has 1 aromatic carbocycles. The zero-order chi connectivity index (χ0) is 26.5. The average Bonchev–Trinajstić information content (AvgIpc) is 3.42. The summed E-state index contributed by atoms with van der Waals surface area (Å²) >= 11 is 1.86. The van der Waals surface area contributed by atoms with E-state index in [0.717, 1.165) is 63.3 Å². The van der Waals surface area contributed by atoms with Gasteiger partial charge in [0, 0.05) is 23.9 Å². The van der Waals surface area contributed by atoms with Crippen LogP contribution in [0.2, 0.25) is 0 Å². The summed E-state index contributed by atoms with van der Waals surface area (Å²) in [6.45, 7) is 11.5. The molecule has 3 nitrogen and oxygen atoms in total. The molecular weight excluding hydrogens is 474 g/mol. The average molecular weight is 526 g/mol. The zero-order valence-electron chi connectivity index (χ0n) is 24.0. The van der Waals surface area contributed by atoms with Crippen LogP contribution in [0.3, 0.4) is 0 Å². The molecule has 206 valence electrons. The Morgan fingerprint density at radius 3 is 2.54 bits per heavy atom. The summed E-state index contributed by atoms with van der Waals surface area (Å²) in [5, 5.41) is 2.18. The van der Waals surface area contributed by atoms with Crippen LogP contribution in [0.1, 0.15) is 108 Å². The number of carbonyl (C=O) groups is 1. The number of rotatable bonds is 17. The molecule has 4 heteroatoms. The highest BCUT2D eigenvalue weighted by atomic mass is 32.1. The van der Waals surface area contributed by atoms with Crippen molar-refractivity contribution in [2.45, 2.75) is 117 Å². The SMILES string of the molecule is CCCN(CCc1cccs1)C1CCc2c(cccc2OC(=O)CCCC(C)CCCCC(C)CC)C1. The lowest BCUT2D eigenvalue weighted by atomic mass is 9.86. The molecule has 3 unspecified atom stereocenters. The van der Waals surface area contributed by atoms with E-state index in [1.165, 1.54) is 54.5 Å². The van der Waals surface area contributed by atoms with Crippen LogP contribution in [0.15, 0.2) is 35.7 Å². The first-order chi connectivity index (χ1) is 18.0. The number of hydrogen-bond acceptors (Lipinski definition) is 4. The van der Waals surface area contributed by atoms with Crippen molar-refractivity contribution in [3.8, 4) is 5.75 Å². The van der Waals surface area contributed by atoms with E-state index in [0.29, 0.717) is 18.4 Å². The number of carbonyl (C=O) groups excluding carboxylic acids is 1. The number of thiophene rings is 1. The largest absolute Gasteiger partial charge is 0.426 e. The quantitative estimate of drug-likeness (QED) is 0.117. The maximum Gasteiger partial charge on any atom is 0.311 e. The van der Waals surface area contributed by atoms with E-state index in [1.807, 2.05) is 17.4 Å². The Morgan fingerprint density at radius 2 is 1.81 bits per heavy atom. The van der Waals surface area contributed by atoms with Crippen LogP contribution in [0.25, 0.3) is 0 Å². The second-order valence-electron chi connectivity index (χ2n) is 11.4. The number of benzene rings is 1. The van der Waals surface area contributed by atoms with Crippen LogP contribution in [-0.4, -0.2) is 30.0 Å². The van der Waals surface area contributed by atoms with E-state index in [4.69, 9.17) is 4.74 Å². The molecule has 3 rings (SSSR count). The van der Waals surface area contributed by atoms with Crippen molar-refractivity contribution >= 4 is 17.3 Å². The van der Waals surface area contributed by atoms with Gasteiger partial charge in [0.05, 0.1) is 0 Å². The molecule has 0 amide bonds. The van der Waals surface area contributed by atoms with E-state index in [-0.39, 0.29) is 5.97 Å². The highest BCUT2D eigenvalue weighted by Crippen LogP contribution is 2.32. The second-order valence-corrected chi connectivity index (χ2v) is 12.5. The molecule has 2 aromatic rings. The minimum atomic E-state index is -0.0666.